The molecule has 29 heavy (non-hydrogen) atoms. The van der Waals surface area contributed by atoms with Gasteiger partial charge in [-0.15, -0.1) is 0 Å². The summed E-state index contributed by atoms with van der Waals surface area (Å²) in [6.45, 7) is 2.21. The summed E-state index contributed by atoms with van der Waals surface area (Å²) in [5.41, 5.74) is 0. The third-order valence-corrected chi connectivity index (χ3v) is 8.42. The van der Waals surface area contributed by atoms with Crippen LogP contribution >= 0.6 is 15.9 Å². The molecule has 8 heteroatoms. The molecule has 156 valence electrons. The number of hydrogen-bond donors (Lipinski definition) is 0. The number of amides is 1. The molecule has 2 aliphatic heterocycles. The van der Waals surface area contributed by atoms with E-state index in [4.69, 9.17) is 0 Å². The van der Waals surface area contributed by atoms with Crippen molar-refractivity contribution in [3.8, 4) is 0 Å². The minimum Gasteiger partial charge on any atom is -0.351 e. The van der Waals surface area contributed by atoms with Crippen LogP contribution in [0.1, 0.15) is 31.7 Å². The number of halogens is 1. The van der Waals surface area contributed by atoms with Crippen molar-refractivity contribution in [1.82, 2.24) is 13.8 Å². The molecule has 3 heterocycles. The van der Waals surface area contributed by atoms with E-state index >= 15 is 0 Å². The van der Waals surface area contributed by atoms with Crippen LogP contribution in [0.4, 0.5) is 0 Å². The molecule has 1 amide bonds. The molecule has 1 aromatic heterocycles. The second-order valence-electron chi connectivity index (χ2n) is 7.84. The van der Waals surface area contributed by atoms with Crippen LogP contribution in [0.5, 0.6) is 0 Å². The van der Waals surface area contributed by atoms with Gasteiger partial charge in [0.1, 0.15) is 0 Å². The number of sulfonamides is 1. The van der Waals surface area contributed by atoms with Gasteiger partial charge in [-0.3, -0.25) is 4.79 Å². The van der Waals surface area contributed by atoms with Gasteiger partial charge in [0.15, 0.2) is 0 Å². The first-order valence-electron chi connectivity index (χ1n) is 10.1. The lowest BCUT2D eigenvalue weighted by Gasteiger charge is -2.37. The van der Waals surface area contributed by atoms with E-state index in [1.807, 2.05) is 17.0 Å². The van der Waals surface area contributed by atoms with Crippen LogP contribution in [0.25, 0.3) is 0 Å². The minimum atomic E-state index is -3.58. The summed E-state index contributed by atoms with van der Waals surface area (Å²) in [5.74, 6) is -0.149. The number of likely N-dealkylation sites (tertiary alicyclic amines) is 1. The van der Waals surface area contributed by atoms with Gasteiger partial charge >= 0.3 is 0 Å². The van der Waals surface area contributed by atoms with E-state index in [-0.39, 0.29) is 23.3 Å². The summed E-state index contributed by atoms with van der Waals surface area (Å²) in [4.78, 5) is 15.3. The highest BCUT2D eigenvalue weighted by atomic mass is 79.9. The van der Waals surface area contributed by atoms with Crippen molar-refractivity contribution in [2.24, 2.45) is 5.92 Å². The molecule has 0 bridgehead atoms. The van der Waals surface area contributed by atoms with E-state index in [0.717, 1.165) is 36.8 Å². The van der Waals surface area contributed by atoms with Crippen LogP contribution in [0.3, 0.4) is 0 Å². The summed E-state index contributed by atoms with van der Waals surface area (Å²) in [6, 6.07) is 11.2. The first kappa shape index (κ1) is 20.6. The van der Waals surface area contributed by atoms with Gasteiger partial charge in [0.25, 0.3) is 0 Å². The van der Waals surface area contributed by atoms with Gasteiger partial charge in [0.2, 0.25) is 15.9 Å². The van der Waals surface area contributed by atoms with Crippen LogP contribution < -0.4 is 0 Å². The number of aromatic nitrogens is 1. The average Bonchev–Trinajstić information content (AvgIpc) is 3.29. The molecule has 1 atom stereocenters. The van der Waals surface area contributed by atoms with Gasteiger partial charge in [-0.25, -0.2) is 8.42 Å². The van der Waals surface area contributed by atoms with Crippen LogP contribution in [-0.2, 0) is 14.8 Å². The Morgan fingerprint density at radius 2 is 1.62 bits per heavy atom. The molecular weight excluding hydrogens is 454 g/mol. The van der Waals surface area contributed by atoms with E-state index in [2.05, 4.69) is 32.9 Å². The van der Waals surface area contributed by atoms with Crippen LogP contribution in [0.2, 0.25) is 0 Å². The highest BCUT2D eigenvalue weighted by molar-refractivity contribution is 9.10. The highest BCUT2D eigenvalue weighted by Gasteiger charge is 2.36. The van der Waals surface area contributed by atoms with E-state index in [1.54, 1.807) is 24.3 Å². The Bertz CT molecular complexity index is 936. The monoisotopic (exact) mass is 479 g/mol. The van der Waals surface area contributed by atoms with Crippen LogP contribution in [0, 0.1) is 5.92 Å². The molecular formula is C21H26BrN3O3S. The Morgan fingerprint density at radius 1 is 0.966 bits per heavy atom. The number of carbonyl (C=O) groups excluding carboxylic acids is 1. The van der Waals surface area contributed by atoms with Gasteiger partial charge < -0.3 is 9.47 Å². The average molecular weight is 480 g/mol. The molecule has 1 aromatic carbocycles. The predicted molar refractivity (Wildman–Crippen MR) is 115 cm³/mol. The maximum absolute atomic E-state index is 13.1. The zero-order chi connectivity index (χ0) is 20.4. The van der Waals surface area contributed by atoms with Crippen molar-refractivity contribution in [1.29, 1.82) is 0 Å². The van der Waals surface area contributed by atoms with Gasteiger partial charge in [-0.05, 0) is 62.1 Å². The third-order valence-electron chi connectivity index (χ3n) is 6.01. The van der Waals surface area contributed by atoms with Crippen LogP contribution in [0.15, 0.2) is 58.2 Å². The van der Waals surface area contributed by atoms with Gasteiger partial charge in [0.05, 0.1) is 10.8 Å². The topological polar surface area (TPSA) is 62.6 Å². The lowest BCUT2D eigenvalue weighted by atomic mass is 9.96. The zero-order valence-corrected chi connectivity index (χ0v) is 18.7. The molecule has 4 rings (SSSR count). The Balaban J connectivity index is 1.39. The number of rotatable bonds is 4. The molecule has 2 aliphatic rings. The van der Waals surface area contributed by atoms with Crippen molar-refractivity contribution in [2.75, 3.05) is 26.2 Å². The third kappa shape index (κ3) is 4.44. The Morgan fingerprint density at radius 3 is 2.28 bits per heavy atom. The fourth-order valence-corrected chi connectivity index (χ4v) is 6.14. The summed E-state index contributed by atoms with van der Waals surface area (Å²) >= 11 is 3.34. The van der Waals surface area contributed by atoms with Gasteiger partial charge in [0, 0.05) is 49.1 Å². The van der Waals surface area contributed by atoms with Crippen LogP contribution in [-0.4, -0.2) is 54.3 Å². The predicted octanol–water partition coefficient (Wildman–Crippen LogP) is 3.52. The van der Waals surface area contributed by atoms with Gasteiger partial charge in [-0.2, -0.15) is 4.31 Å². The summed E-state index contributed by atoms with van der Waals surface area (Å²) in [5, 5.41) is 0. The fraction of sp³-hybridized carbons (Fsp3) is 0.476. The Hall–Kier alpha value is -1.64. The largest absolute Gasteiger partial charge is 0.351 e. The van der Waals surface area contributed by atoms with E-state index in [9.17, 15) is 13.2 Å². The number of nitrogens with zero attached hydrogens (tertiary/aromatic N) is 3. The molecule has 0 aliphatic carbocycles. The van der Waals surface area contributed by atoms with Crippen molar-refractivity contribution >= 4 is 31.9 Å². The fourth-order valence-electron chi connectivity index (χ4n) is 4.35. The molecule has 0 saturated carbocycles. The number of piperidine rings is 2. The number of benzene rings is 1. The maximum Gasteiger partial charge on any atom is 0.243 e. The minimum absolute atomic E-state index is 0.103. The second kappa shape index (κ2) is 8.62. The molecule has 1 unspecified atom stereocenters. The first-order chi connectivity index (χ1) is 13.9. The smallest absolute Gasteiger partial charge is 0.243 e. The molecule has 2 saturated heterocycles. The van der Waals surface area contributed by atoms with Crippen molar-refractivity contribution in [2.45, 2.75) is 36.6 Å². The van der Waals surface area contributed by atoms with E-state index < -0.39 is 10.0 Å². The Labute approximate surface area is 180 Å². The molecule has 2 aromatic rings. The number of carbonyl (C=O) groups is 1. The molecule has 0 N–H and O–H groups in total. The van der Waals surface area contributed by atoms with E-state index in [1.165, 1.54) is 4.31 Å². The van der Waals surface area contributed by atoms with Crippen molar-refractivity contribution in [3.63, 3.8) is 0 Å². The summed E-state index contributed by atoms with van der Waals surface area (Å²) in [7, 11) is -3.58. The van der Waals surface area contributed by atoms with Crippen molar-refractivity contribution < 1.29 is 13.2 Å². The standard InChI is InChI=1S/C21H26BrN3O3S/c22-18-5-7-20(8-6-18)29(27,28)25-13-3-4-17(16-25)21(26)24-14-9-19(10-15-24)23-11-1-2-12-23/h1-2,5-8,11-12,17,19H,3-4,9-10,13-16H2. The first-order valence-corrected chi connectivity index (χ1v) is 12.4. The normalized spacial score (nSPS) is 22.0. The van der Waals surface area contributed by atoms with E-state index in [0.29, 0.717) is 19.0 Å². The SMILES string of the molecule is O=C(C1CCCN(S(=O)(=O)c2ccc(Br)cc2)C1)N1CCC(n2cccc2)CC1. The summed E-state index contributed by atoms with van der Waals surface area (Å²) in [6.07, 6.45) is 7.50. The van der Waals surface area contributed by atoms with Crippen molar-refractivity contribution in [3.05, 3.63) is 53.3 Å². The lowest BCUT2D eigenvalue weighted by Crippen LogP contribution is -2.48. The van der Waals surface area contributed by atoms with Gasteiger partial charge in [-0.1, -0.05) is 15.9 Å². The highest BCUT2D eigenvalue weighted by Crippen LogP contribution is 2.28. The second-order valence-corrected chi connectivity index (χ2v) is 10.7. The molecule has 6 nitrogen and oxygen atoms in total. The number of hydrogen-bond acceptors (Lipinski definition) is 3. The zero-order valence-electron chi connectivity index (χ0n) is 16.3. The quantitative estimate of drug-likeness (QED) is 0.673. The lowest BCUT2D eigenvalue weighted by molar-refractivity contribution is -0.138. The molecule has 0 spiro atoms. The molecule has 0 radical (unpaired) electrons. The maximum atomic E-state index is 13.1. The summed E-state index contributed by atoms with van der Waals surface area (Å²) < 4.78 is 30.5. The molecule has 2 fully saturated rings. The Kier molecular flexibility index (Phi) is 6.13.